The van der Waals surface area contributed by atoms with E-state index in [4.69, 9.17) is 0 Å². The first-order valence-corrected chi connectivity index (χ1v) is 7.20. The number of H-pyrrole nitrogens is 2. The van der Waals surface area contributed by atoms with Gasteiger partial charge >= 0.3 is 0 Å². The van der Waals surface area contributed by atoms with E-state index in [9.17, 15) is 9.59 Å². The Hall–Kier alpha value is -2.87. The van der Waals surface area contributed by atoms with Crippen LogP contribution < -0.4 is 10.9 Å². The van der Waals surface area contributed by atoms with Crippen LogP contribution in [0, 0.1) is 0 Å². The van der Waals surface area contributed by atoms with Crippen molar-refractivity contribution in [1.82, 2.24) is 29.8 Å². The Kier molecular flexibility index (Phi) is 3.98. The molecule has 0 spiro atoms. The minimum atomic E-state index is -0.230. The summed E-state index contributed by atoms with van der Waals surface area (Å²) in [5.41, 5.74) is 2.28. The number of nitrogens with one attached hydrogen (secondary N) is 3. The number of fused-ring (bicyclic) bond motifs is 1. The highest BCUT2D eigenvalue weighted by Gasteiger charge is 2.10. The summed E-state index contributed by atoms with van der Waals surface area (Å²) in [7, 11) is 3.92. The number of hydrogen-bond donors (Lipinski definition) is 3. The lowest BCUT2D eigenvalue weighted by Gasteiger charge is -2.07. The normalized spacial score (nSPS) is 11.3. The van der Waals surface area contributed by atoms with E-state index in [-0.39, 0.29) is 18.0 Å². The molecule has 8 heteroatoms. The van der Waals surface area contributed by atoms with Gasteiger partial charge in [-0.15, -0.1) is 0 Å². The van der Waals surface area contributed by atoms with Crippen LogP contribution in [-0.2, 0) is 13.1 Å². The lowest BCUT2D eigenvalue weighted by atomic mass is 10.3. The standard InChI is InChI=1S/C15H18N6O2/c1-20(2)9-10-3-4-12(18-10)15(23)16-8-11-7-14(22)21-13(19-11)5-6-17-21/h3-7,17-18H,8-9H2,1-2H3,(H,16,23). The second-order valence-electron chi connectivity index (χ2n) is 5.56. The van der Waals surface area contributed by atoms with Crippen LogP contribution in [0.2, 0.25) is 0 Å². The third-order valence-corrected chi connectivity index (χ3v) is 3.34. The number of rotatable bonds is 5. The number of nitrogens with zero attached hydrogens (tertiary/aromatic N) is 3. The maximum atomic E-state index is 12.1. The molecule has 0 aliphatic rings. The Labute approximate surface area is 132 Å². The van der Waals surface area contributed by atoms with E-state index >= 15 is 0 Å². The van der Waals surface area contributed by atoms with Gasteiger partial charge in [-0.25, -0.2) is 9.50 Å². The Balaban J connectivity index is 1.68. The number of hydrogen-bond acceptors (Lipinski definition) is 4. The fourth-order valence-electron chi connectivity index (χ4n) is 2.34. The first-order valence-electron chi connectivity index (χ1n) is 7.20. The van der Waals surface area contributed by atoms with Crippen LogP contribution in [0.1, 0.15) is 21.9 Å². The molecule has 0 saturated heterocycles. The molecule has 120 valence electrons. The fraction of sp³-hybridized carbons (Fsp3) is 0.267. The zero-order chi connectivity index (χ0) is 16.4. The van der Waals surface area contributed by atoms with Crippen molar-refractivity contribution < 1.29 is 4.79 Å². The van der Waals surface area contributed by atoms with Crippen LogP contribution in [0.5, 0.6) is 0 Å². The smallest absolute Gasteiger partial charge is 0.272 e. The van der Waals surface area contributed by atoms with E-state index in [1.54, 1.807) is 18.3 Å². The molecule has 3 rings (SSSR count). The molecule has 3 aromatic heterocycles. The third-order valence-electron chi connectivity index (χ3n) is 3.34. The molecule has 1 amide bonds. The highest BCUT2D eigenvalue weighted by molar-refractivity contribution is 5.92. The average Bonchev–Trinajstić information content (AvgIpc) is 3.13. The first kappa shape index (κ1) is 15.0. The van der Waals surface area contributed by atoms with Crippen molar-refractivity contribution in [3.05, 3.63) is 57.9 Å². The van der Waals surface area contributed by atoms with Gasteiger partial charge in [0.05, 0.1) is 12.2 Å². The van der Waals surface area contributed by atoms with Crippen LogP contribution in [0.4, 0.5) is 0 Å². The predicted octanol–water partition coefficient (Wildman–Crippen LogP) is 0.342. The Bertz CT molecular complexity index is 889. The van der Waals surface area contributed by atoms with Gasteiger partial charge in [0.2, 0.25) is 0 Å². The van der Waals surface area contributed by atoms with Crippen LogP contribution in [0.25, 0.3) is 5.65 Å². The van der Waals surface area contributed by atoms with E-state index < -0.39 is 0 Å². The van der Waals surface area contributed by atoms with Crippen molar-refractivity contribution in [1.29, 1.82) is 0 Å². The van der Waals surface area contributed by atoms with Crippen LogP contribution in [0.3, 0.4) is 0 Å². The Morgan fingerprint density at radius 1 is 1.35 bits per heavy atom. The topological polar surface area (TPSA) is 98.3 Å². The van der Waals surface area contributed by atoms with Gasteiger partial charge in [0.25, 0.3) is 11.5 Å². The van der Waals surface area contributed by atoms with E-state index in [1.807, 2.05) is 25.1 Å². The molecule has 3 aromatic rings. The zero-order valence-electron chi connectivity index (χ0n) is 13.0. The van der Waals surface area contributed by atoms with Gasteiger partial charge in [0, 0.05) is 30.6 Å². The second kappa shape index (κ2) is 6.09. The molecule has 0 aliphatic carbocycles. The molecule has 3 heterocycles. The number of carbonyl (C=O) groups is 1. The Morgan fingerprint density at radius 3 is 2.96 bits per heavy atom. The summed E-state index contributed by atoms with van der Waals surface area (Å²) in [6.07, 6.45) is 1.64. The molecule has 0 radical (unpaired) electrons. The first-order chi connectivity index (χ1) is 11.0. The van der Waals surface area contributed by atoms with Crippen LogP contribution >= 0.6 is 0 Å². The molecule has 0 aliphatic heterocycles. The van der Waals surface area contributed by atoms with Crippen molar-refractivity contribution in [2.75, 3.05) is 14.1 Å². The van der Waals surface area contributed by atoms with Gasteiger partial charge in [-0.05, 0) is 26.2 Å². The minimum absolute atomic E-state index is 0.192. The molecular formula is C15H18N6O2. The van der Waals surface area contributed by atoms with Crippen molar-refractivity contribution in [2.24, 2.45) is 0 Å². The van der Waals surface area contributed by atoms with Gasteiger partial charge in [-0.2, -0.15) is 0 Å². The predicted molar refractivity (Wildman–Crippen MR) is 85.2 cm³/mol. The highest BCUT2D eigenvalue weighted by atomic mass is 16.2. The Morgan fingerprint density at radius 2 is 2.17 bits per heavy atom. The summed E-state index contributed by atoms with van der Waals surface area (Å²) in [4.78, 5) is 33.4. The largest absolute Gasteiger partial charge is 0.353 e. The maximum absolute atomic E-state index is 12.1. The molecule has 0 aromatic carbocycles. The summed E-state index contributed by atoms with van der Waals surface area (Å²) in [6.45, 7) is 0.924. The van der Waals surface area contributed by atoms with Crippen molar-refractivity contribution in [3.8, 4) is 0 Å². The number of aromatic amines is 2. The van der Waals surface area contributed by atoms with Gasteiger partial charge in [0.15, 0.2) is 5.65 Å². The van der Waals surface area contributed by atoms with E-state index in [0.717, 1.165) is 12.2 Å². The molecule has 0 atom stereocenters. The highest BCUT2D eigenvalue weighted by Crippen LogP contribution is 2.04. The molecule has 0 fully saturated rings. The molecular weight excluding hydrogens is 296 g/mol. The molecule has 0 unspecified atom stereocenters. The average molecular weight is 314 g/mol. The lowest BCUT2D eigenvalue weighted by Crippen LogP contribution is -2.25. The van der Waals surface area contributed by atoms with E-state index in [0.29, 0.717) is 17.0 Å². The van der Waals surface area contributed by atoms with Gasteiger partial charge in [-0.3, -0.25) is 14.7 Å². The molecule has 0 bridgehead atoms. The summed E-state index contributed by atoms with van der Waals surface area (Å²) >= 11 is 0. The number of carbonyl (C=O) groups excluding carboxylic acids is 1. The zero-order valence-corrected chi connectivity index (χ0v) is 13.0. The van der Waals surface area contributed by atoms with Crippen LogP contribution in [0.15, 0.2) is 35.3 Å². The summed E-state index contributed by atoms with van der Waals surface area (Å²) in [6, 6.07) is 6.72. The van der Waals surface area contributed by atoms with E-state index in [1.165, 1.54) is 10.6 Å². The second-order valence-corrected chi connectivity index (χ2v) is 5.56. The van der Waals surface area contributed by atoms with Crippen molar-refractivity contribution in [3.63, 3.8) is 0 Å². The summed E-state index contributed by atoms with van der Waals surface area (Å²) in [5.74, 6) is -0.230. The molecule has 8 nitrogen and oxygen atoms in total. The minimum Gasteiger partial charge on any atom is -0.353 e. The third kappa shape index (κ3) is 3.32. The molecule has 0 saturated carbocycles. The fourth-order valence-corrected chi connectivity index (χ4v) is 2.34. The quantitative estimate of drug-likeness (QED) is 0.632. The number of aromatic nitrogens is 4. The SMILES string of the molecule is CN(C)Cc1ccc(C(=O)NCc2cc(=O)n3[nH]ccc3n2)[nH]1. The van der Waals surface area contributed by atoms with Crippen molar-refractivity contribution in [2.45, 2.75) is 13.1 Å². The van der Waals surface area contributed by atoms with Gasteiger partial charge in [-0.1, -0.05) is 0 Å². The van der Waals surface area contributed by atoms with Gasteiger partial charge in [0.1, 0.15) is 5.69 Å². The summed E-state index contributed by atoms with van der Waals surface area (Å²) in [5, 5.41) is 5.53. The van der Waals surface area contributed by atoms with Crippen LogP contribution in [-0.4, -0.2) is 44.5 Å². The molecule has 23 heavy (non-hydrogen) atoms. The molecule has 3 N–H and O–H groups in total. The maximum Gasteiger partial charge on any atom is 0.272 e. The van der Waals surface area contributed by atoms with Crippen molar-refractivity contribution >= 4 is 11.6 Å². The summed E-state index contributed by atoms with van der Waals surface area (Å²) < 4.78 is 1.34. The van der Waals surface area contributed by atoms with E-state index in [2.05, 4.69) is 20.4 Å². The number of amides is 1. The van der Waals surface area contributed by atoms with Gasteiger partial charge < -0.3 is 15.2 Å². The monoisotopic (exact) mass is 314 g/mol. The lowest BCUT2D eigenvalue weighted by molar-refractivity contribution is 0.0945.